The van der Waals surface area contributed by atoms with Crippen LogP contribution in [0.15, 0.2) is 65.6 Å². The maximum atomic E-state index is 14.3. The van der Waals surface area contributed by atoms with Crippen LogP contribution in [-0.2, 0) is 16.2 Å². The van der Waals surface area contributed by atoms with E-state index in [1.165, 1.54) is 18.2 Å². The number of allylic oxidation sites excluding steroid dienone is 1. The highest BCUT2D eigenvalue weighted by atomic mass is 35.5. The number of benzene rings is 3. The normalized spacial score (nSPS) is 13.8. The molecular formula is C26H24ClF4NO4S. The molecule has 5 nitrogen and oxygen atoms in total. The van der Waals surface area contributed by atoms with Crippen LogP contribution in [0.25, 0.3) is 11.6 Å². The number of hydrogen-bond donors (Lipinski definition) is 1. The van der Waals surface area contributed by atoms with Crippen LogP contribution in [0, 0.1) is 5.82 Å². The van der Waals surface area contributed by atoms with Crippen molar-refractivity contribution in [1.29, 1.82) is 0 Å². The first kappa shape index (κ1) is 28.5. The molecule has 0 saturated carbocycles. The number of alkyl halides is 3. The monoisotopic (exact) mass is 557 g/mol. The van der Waals surface area contributed by atoms with Crippen LogP contribution in [-0.4, -0.2) is 33.3 Å². The molecule has 1 heterocycles. The number of ether oxygens (including phenoxy) is 1. The highest BCUT2D eigenvalue weighted by Crippen LogP contribution is 2.38. The maximum absolute atomic E-state index is 14.3. The topological polar surface area (TPSA) is 66.8 Å². The predicted octanol–water partition coefficient (Wildman–Crippen LogP) is 6.64. The average molecular weight is 558 g/mol. The largest absolute Gasteiger partial charge is 0.489 e. The van der Waals surface area contributed by atoms with Gasteiger partial charge in [-0.3, -0.25) is 4.31 Å². The molecule has 3 aromatic carbocycles. The first-order valence-electron chi connectivity index (χ1n) is 11.1. The van der Waals surface area contributed by atoms with Crippen molar-refractivity contribution in [2.24, 2.45) is 0 Å². The fourth-order valence-corrected chi connectivity index (χ4v) is 5.52. The fraction of sp³-hybridized carbons (Fsp3) is 0.231. The lowest BCUT2D eigenvalue weighted by Gasteiger charge is -2.31. The summed E-state index contributed by atoms with van der Waals surface area (Å²) in [4.78, 5) is -0.481. The van der Waals surface area contributed by atoms with E-state index < -0.39 is 32.5 Å². The molecule has 1 N–H and O–H groups in total. The van der Waals surface area contributed by atoms with Gasteiger partial charge in [0.15, 0.2) is 0 Å². The Hall–Kier alpha value is -3.08. The lowest BCUT2D eigenvalue weighted by atomic mass is 10.0. The van der Waals surface area contributed by atoms with E-state index in [4.69, 9.17) is 21.4 Å². The Balaban J connectivity index is 0.00000121. The smallest absolute Gasteiger partial charge is 0.416 e. The van der Waals surface area contributed by atoms with E-state index in [9.17, 15) is 26.0 Å². The number of nitrogens with zero attached hydrogens (tertiary/aromatic N) is 1. The second-order valence-corrected chi connectivity index (χ2v) is 10.2. The lowest BCUT2D eigenvalue weighted by Crippen LogP contribution is -2.38. The van der Waals surface area contributed by atoms with Gasteiger partial charge in [0, 0.05) is 12.2 Å². The Labute approximate surface area is 217 Å². The Morgan fingerprint density at radius 3 is 2.46 bits per heavy atom. The van der Waals surface area contributed by atoms with Gasteiger partial charge in [-0.2, -0.15) is 13.2 Å². The minimum Gasteiger partial charge on any atom is -0.489 e. The molecule has 0 aromatic heterocycles. The molecule has 1 aliphatic heterocycles. The molecule has 1 aliphatic rings. The summed E-state index contributed by atoms with van der Waals surface area (Å²) < 4.78 is 86.9. The van der Waals surface area contributed by atoms with Gasteiger partial charge in [0.1, 0.15) is 18.2 Å². The molecule has 0 amide bonds. The summed E-state index contributed by atoms with van der Waals surface area (Å²) in [5.74, 6) is -0.239. The van der Waals surface area contributed by atoms with Crippen molar-refractivity contribution in [3.63, 3.8) is 0 Å². The zero-order chi connectivity index (χ0) is 27.4. The second-order valence-electron chi connectivity index (χ2n) is 7.92. The van der Waals surface area contributed by atoms with E-state index >= 15 is 0 Å². The Kier molecular flexibility index (Phi) is 8.88. The standard InChI is InChI=1S/C24H18ClF4NO3S.C2H6O/c1-15(23-19(25)6-3-7-20(23)26)12-16-8-9-22-21(13-16)30(10-11-33-22)34(31,32)18-5-2-4-17(14-18)24(27,28)29;1-2-3/h2-9,12-14H,10-11H2,1H3;3H,2H2,1H3/b15-12+;. The fourth-order valence-electron chi connectivity index (χ4n) is 3.71. The summed E-state index contributed by atoms with van der Waals surface area (Å²) >= 11 is 6.13. The molecule has 0 aliphatic carbocycles. The van der Waals surface area contributed by atoms with Crippen molar-refractivity contribution in [2.75, 3.05) is 24.1 Å². The molecule has 0 bridgehead atoms. The van der Waals surface area contributed by atoms with Crippen molar-refractivity contribution < 1.29 is 35.8 Å². The van der Waals surface area contributed by atoms with E-state index in [1.807, 2.05) is 0 Å². The van der Waals surface area contributed by atoms with Crippen LogP contribution in [0.3, 0.4) is 0 Å². The Bertz CT molecular complexity index is 1390. The average Bonchev–Trinajstić information content (AvgIpc) is 2.83. The molecule has 4 rings (SSSR count). The van der Waals surface area contributed by atoms with Gasteiger partial charge in [-0.15, -0.1) is 0 Å². The summed E-state index contributed by atoms with van der Waals surface area (Å²) in [5, 5.41) is 7.80. The molecule has 198 valence electrons. The van der Waals surface area contributed by atoms with Crippen molar-refractivity contribution in [1.82, 2.24) is 0 Å². The van der Waals surface area contributed by atoms with Crippen LogP contribution in [0.4, 0.5) is 23.2 Å². The lowest BCUT2D eigenvalue weighted by molar-refractivity contribution is -0.137. The number of anilines is 1. The first-order chi connectivity index (χ1) is 17.4. The van der Waals surface area contributed by atoms with Crippen molar-refractivity contribution in [2.45, 2.75) is 24.9 Å². The minimum atomic E-state index is -4.68. The van der Waals surface area contributed by atoms with Gasteiger partial charge < -0.3 is 9.84 Å². The van der Waals surface area contributed by atoms with Gasteiger partial charge in [0.05, 0.1) is 27.7 Å². The zero-order valence-electron chi connectivity index (χ0n) is 19.9. The van der Waals surface area contributed by atoms with Crippen molar-refractivity contribution in [3.8, 4) is 5.75 Å². The number of halogens is 5. The van der Waals surface area contributed by atoms with Crippen LogP contribution < -0.4 is 9.04 Å². The summed E-state index contributed by atoms with van der Waals surface area (Å²) in [7, 11) is -4.32. The summed E-state index contributed by atoms with van der Waals surface area (Å²) in [5.41, 5.74) is 0.366. The minimum absolute atomic E-state index is 0.0320. The zero-order valence-corrected chi connectivity index (χ0v) is 21.5. The van der Waals surface area contributed by atoms with E-state index in [0.29, 0.717) is 17.2 Å². The molecule has 0 spiro atoms. The van der Waals surface area contributed by atoms with E-state index in [1.54, 1.807) is 38.1 Å². The van der Waals surface area contributed by atoms with E-state index in [-0.39, 0.29) is 41.8 Å². The quantitative estimate of drug-likeness (QED) is 0.288. The number of sulfonamides is 1. The molecular weight excluding hydrogens is 534 g/mol. The Morgan fingerprint density at radius 1 is 1.14 bits per heavy atom. The number of hydrogen-bond acceptors (Lipinski definition) is 4. The van der Waals surface area contributed by atoms with Crippen LogP contribution in [0.2, 0.25) is 5.02 Å². The van der Waals surface area contributed by atoms with Gasteiger partial charge in [-0.05, 0) is 67.4 Å². The van der Waals surface area contributed by atoms with Crippen LogP contribution >= 0.6 is 11.6 Å². The van der Waals surface area contributed by atoms with Gasteiger partial charge in [-0.1, -0.05) is 35.9 Å². The Morgan fingerprint density at radius 2 is 1.81 bits per heavy atom. The van der Waals surface area contributed by atoms with Gasteiger partial charge in [0.25, 0.3) is 10.0 Å². The highest BCUT2D eigenvalue weighted by Gasteiger charge is 2.34. The predicted molar refractivity (Wildman–Crippen MR) is 136 cm³/mol. The molecule has 0 unspecified atom stereocenters. The molecule has 3 aromatic rings. The van der Waals surface area contributed by atoms with Crippen LogP contribution in [0.1, 0.15) is 30.5 Å². The summed E-state index contributed by atoms with van der Waals surface area (Å²) in [6, 6.07) is 12.7. The van der Waals surface area contributed by atoms with Crippen molar-refractivity contribution >= 4 is 39.0 Å². The van der Waals surface area contributed by atoms with Crippen LogP contribution in [0.5, 0.6) is 5.75 Å². The van der Waals surface area contributed by atoms with Gasteiger partial charge in [-0.25, -0.2) is 12.8 Å². The molecule has 0 radical (unpaired) electrons. The second kappa shape index (κ2) is 11.5. The number of rotatable bonds is 4. The van der Waals surface area contributed by atoms with E-state index in [0.717, 1.165) is 22.5 Å². The maximum Gasteiger partial charge on any atom is 0.416 e. The van der Waals surface area contributed by atoms with Gasteiger partial charge >= 0.3 is 6.18 Å². The molecule has 37 heavy (non-hydrogen) atoms. The third kappa shape index (κ3) is 6.44. The van der Waals surface area contributed by atoms with Gasteiger partial charge in [0.2, 0.25) is 0 Å². The molecule has 0 saturated heterocycles. The third-order valence-corrected chi connectivity index (χ3v) is 7.42. The SMILES string of the molecule is C/C(=C\c1ccc2c(c1)N(S(=O)(=O)c1cccc(C(F)(F)F)c1)CCO2)c1c(F)cccc1Cl.CCO. The third-order valence-electron chi connectivity index (χ3n) is 5.29. The highest BCUT2D eigenvalue weighted by molar-refractivity contribution is 7.92. The molecule has 0 atom stereocenters. The molecule has 0 fully saturated rings. The first-order valence-corrected chi connectivity index (χ1v) is 12.9. The number of aliphatic hydroxyl groups is 1. The summed E-state index contributed by atoms with van der Waals surface area (Å²) in [6.45, 7) is 3.54. The molecule has 11 heteroatoms. The number of aliphatic hydroxyl groups excluding tert-OH is 1. The van der Waals surface area contributed by atoms with Crippen molar-refractivity contribution in [3.05, 3.63) is 88.2 Å². The number of fused-ring (bicyclic) bond motifs is 1. The van der Waals surface area contributed by atoms with E-state index in [2.05, 4.69) is 0 Å². The summed E-state index contributed by atoms with van der Waals surface area (Å²) in [6.07, 6.45) is -3.05.